The SMILES string of the molecule is CCO[C@H]1OC(C(=O)N2CCOCC2)=C[C@@H](c2ccc3c(c2)Cc2ccccc2-3)[C@@H]1CCCO. The Bertz CT molecular complexity index is 1060. The van der Waals surface area contributed by atoms with Crippen LogP contribution >= 0.6 is 0 Å². The molecule has 0 spiro atoms. The van der Waals surface area contributed by atoms with Gasteiger partial charge in [0, 0.05) is 38.1 Å². The van der Waals surface area contributed by atoms with Crippen molar-refractivity contribution in [3.8, 4) is 11.1 Å². The number of nitrogens with zero attached hydrogens (tertiary/aromatic N) is 1. The van der Waals surface area contributed by atoms with Crippen LogP contribution in [0, 0.1) is 5.92 Å². The van der Waals surface area contributed by atoms with Gasteiger partial charge in [0.2, 0.25) is 6.29 Å². The first kappa shape index (κ1) is 23.1. The Morgan fingerprint density at radius 2 is 1.91 bits per heavy atom. The van der Waals surface area contributed by atoms with Crippen LogP contribution in [0.4, 0.5) is 0 Å². The summed E-state index contributed by atoms with van der Waals surface area (Å²) in [7, 11) is 0. The third-order valence-corrected chi connectivity index (χ3v) is 7.12. The maximum atomic E-state index is 13.3. The van der Waals surface area contributed by atoms with Crippen LogP contribution in [0.5, 0.6) is 0 Å². The zero-order valence-corrected chi connectivity index (χ0v) is 19.7. The average Bonchev–Trinajstić information content (AvgIpc) is 3.25. The van der Waals surface area contributed by atoms with E-state index in [-0.39, 0.29) is 24.3 Å². The predicted molar refractivity (Wildman–Crippen MR) is 129 cm³/mol. The maximum Gasteiger partial charge on any atom is 0.288 e. The van der Waals surface area contributed by atoms with E-state index in [1.165, 1.54) is 22.3 Å². The summed E-state index contributed by atoms with van der Waals surface area (Å²) in [5.74, 6) is 0.225. The van der Waals surface area contributed by atoms with E-state index in [9.17, 15) is 9.90 Å². The molecule has 6 nitrogen and oxygen atoms in total. The number of carbonyl (C=O) groups excluding carboxylic acids is 1. The Morgan fingerprint density at radius 1 is 1.12 bits per heavy atom. The third kappa shape index (κ3) is 4.50. The fourth-order valence-corrected chi connectivity index (χ4v) is 5.43. The minimum absolute atomic E-state index is 0.00941. The number of allylic oxidation sites excluding steroid dienone is 1. The molecule has 34 heavy (non-hydrogen) atoms. The fourth-order valence-electron chi connectivity index (χ4n) is 5.43. The van der Waals surface area contributed by atoms with Crippen LogP contribution in [-0.2, 0) is 25.4 Å². The molecule has 0 bridgehead atoms. The normalized spacial score (nSPS) is 23.6. The van der Waals surface area contributed by atoms with Crippen molar-refractivity contribution in [3.63, 3.8) is 0 Å². The lowest BCUT2D eigenvalue weighted by atomic mass is 9.79. The molecule has 1 aliphatic carbocycles. The van der Waals surface area contributed by atoms with Crippen molar-refractivity contribution in [1.29, 1.82) is 0 Å². The highest BCUT2D eigenvalue weighted by Gasteiger charge is 2.39. The van der Waals surface area contributed by atoms with Gasteiger partial charge in [-0.2, -0.15) is 0 Å². The fraction of sp³-hybridized carbons (Fsp3) is 0.464. The van der Waals surface area contributed by atoms with Crippen LogP contribution in [0.25, 0.3) is 11.1 Å². The van der Waals surface area contributed by atoms with Crippen LogP contribution in [-0.4, -0.2) is 61.7 Å². The van der Waals surface area contributed by atoms with Gasteiger partial charge in [-0.1, -0.05) is 42.5 Å². The predicted octanol–water partition coefficient (Wildman–Crippen LogP) is 3.87. The quantitative estimate of drug-likeness (QED) is 0.576. The van der Waals surface area contributed by atoms with Crippen molar-refractivity contribution >= 4 is 5.91 Å². The van der Waals surface area contributed by atoms with E-state index in [1.54, 1.807) is 4.90 Å². The van der Waals surface area contributed by atoms with Gasteiger partial charge in [-0.05, 0) is 60.1 Å². The van der Waals surface area contributed by atoms with Gasteiger partial charge in [-0.15, -0.1) is 0 Å². The number of carbonyl (C=O) groups is 1. The maximum absolute atomic E-state index is 13.3. The molecule has 2 aromatic rings. The molecule has 2 aromatic carbocycles. The second kappa shape index (κ2) is 10.3. The number of hydrogen-bond donors (Lipinski definition) is 1. The summed E-state index contributed by atoms with van der Waals surface area (Å²) < 4.78 is 17.6. The number of benzene rings is 2. The molecule has 180 valence electrons. The Hall–Kier alpha value is -2.67. The van der Waals surface area contributed by atoms with Crippen molar-refractivity contribution in [3.05, 3.63) is 71.0 Å². The van der Waals surface area contributed by atoms with Gasteiger partial charge in [0.05, 0.1) is 13.2 Å². The smallest absolute Gasteiger partial charge is 0.288 e. The largest absolute Gasteiger partial charge is 0.459 e. The molecule has 2 heterocycles. The molecule has 1 amide bonds. The van der Waals surface area contributed by atoms with Crippen molar-refractivity contribution in [2.24, 2.45) is 5.92 Å². The first-order valence-corrected chi connectivity index (χ1v) is 12.4. The van der Waals surface area contributed by atoms with Crippen LogP contribution in [0.15, 0.2) is 54.3 Å². The standard InChI is InChI=1S/C28H33NO5/c1-2-33-28-24(8-5-13-30)25(18-26(34-28)27(31)29-11-14-32-15-12-29)20-9-10-23-21(17-20)16-19-6-3-4-7-22(19)23/h3-4,6-7,9-10,17-18,24-25,28,30H,2,5,8,11-16H2,1H3/t24-,25-,28-/m0/s1. The Labute approximate surface area is 201 Å². The molecule has 2 aliphatic heterocycles. The number of hydrogen-bond acceptors (Lipinski definition) is 5. The van der Waals surface area contributed by atoms with Gasteiger partial charge in [0.1, 0.15) is 0 Å². The van der Waals surface area contributed by atoms with Gasteiger partial charge < -0.3 is 24.2 Å². The number of amides is 1. The van der Waals surface area contributed by atoms with E-state index in [4.69, 9.17) is 14.2 Å². The molecule has 1 N–H and O–H groups in total. The molecule has 1 saturated heterocycles. The van der Waals surface area contributed by atoms with E-state index in [0.717, 1.165) is 18.4 Å². The van der Waals surface area contributed by atoms with E-state index in [0.29, 0.717) is 45.1 Å². The number of aliphatic hydroxyl groups is 1. The van der Waals surface area contributed by atoms with Crippen molar-refractivity contribution in [2.45, 2.75) is 38.4 Å². The molecule has 5 rings (SSSR count). The van der Waals surface area contributed by atoms with Crippen molar-refractivity contribution in [2.75, 3.05) is 39.5 Å². The minimum atomic E-state index is -0.531. The van der Waals surface area contributed by atoms with Gasteiger partial charge in [-0.25, -0.2) is 0 Å². The topological polar surface area (TPSA) is 68.2 Å². The second-order valence-electron chi connectivity index (χ2n) is 9.18. The molecule has 0 radical (unpaired) electrons. The second-order valence-corrected chi connectivity index (χ2v) is 9.18. The molecular weight excluding hydrogens is 430 g/mol. The van der Waals surface area contributed by atoms with Gasteiger partial charge in [-0.3, -0.25) is 4.79 Å². The summed E-state index contributed by atoms with van der Waals surface area (Å²) in [5, 5.41) is 9.54. The number of aliphatic hydroxyl groups excluding tert-OH is 1. The molecule has 0 unspecified atom stereocenters. The first-order valence-electron chi connectivity index (χ1n) is 12.4. The highest BCUT2D eigenvalue weighted by molar-refractivity contribution is 5.92. The Balaban J connectivity index is 1.50. The Kier molecular flexibility index (Phi) is 6.99. The Morgan fingerprint density at radius 3 is 2.71 bits per heavy atom. The number of morpholine rings is 1. The van der Waals surface area contributed by atoms with Gasteiger partial charge >= 0.3 is 0 Å². The monoisotopic (exact) mass is 463 g/mol. The summed E-state index contributed by atoms with van der Waals surface area (Å²) in [6.45, 7) is 4.76. The van der Waals surface area contributed by atoms with E-state index >= 15 is 0 Å². The summed E-state index contributed by atoms with van der Waals surface area (Å²) in [6, 6.07) is 15.2. The summed E-state index contributed by atoms with van der Waals surface area (Å²) in [5.41, 5.74) is 6.42. The lowest BCUT2D eigenvalue weighted by Gasteiger charge is -2.38. The van der Waals surface area contributed by atoms with Crippen LogP contribution in [0.2, 0.25) is 0 Å². The summed E-state index contributed by atoms with van der Waals surface area (Å²) >= 11 is 0. The third-order valence-electron chi connectivity index (χ3n) is 7.12. The average molecular weight is 464 g/mol. The van der Waals surface area contributed by atoms with E-state index < -0.39 is 6.29 Å². The van der Waals surface area contributed by atoms with Crippen molar-refractivity contribution in [1.82, 2.24) is 4.90 Å². The lowest BCUT2D eigenvalue weighted by Crippen LogP contribution is -2.44. The molecule has 0 aromatic heterocycles. The van der Waals surface area contributed by atoms with E-state index in [2.05, 4.69) is 42.5 Å². The highest BCUT2D eigenvalue weighted by Crippen LogP contribution is 2.43. The molecule has 0 saturated carbocycles. The van der Waals surface area contributed by atoms with Crippen LogP contribution in [0.1, 0.15) is 42.4 Å². The zero-order valence-electron chi connectivity index (χ0n) is 19.7. The molecular formula is C28H33NO5. The minimum Gasteiger partial charge on any atom is -0.459 e. The highest BCUT2D eigenvalue weighted by atomic mass is 16.7. The number of ether oxygens (including phenoxy) is 3. The van der Waals surface area contributed by atoms with Crippen LogP contribution < -0.4 is 0 Å². The summed E-state index contributed by atoms with van der Waals surface area (Å²) in [6.07, 6.45) is 3.78. The first-order chi connectivity index (χ1) is 16.7. The molecule has 6 heteroatoms. The molecule has 3 atom stereocenters. The van der Waals surface area contributed by atoms with Crippen LogP contribution in [0.3, 0.4) is 0 Å². The summed E-state index contributed by atoms with van der Waals surface area (Å²) in [4.78, 5) is 15.1. The van der Waals surface area contributed by atoms with Gasteiger partial charge in [0.15, 0.2) is 5.76 Å². The van der Waals surface area contributed by atoms with Crippen molar-refractivity contribution < 1.29 is 24.1 Å². The van der Waals surface area contributed by atoms with E-state index in [1.807, 2.05) is 13.0 Å². The number of rotatable bonds is 7. The zero-order chi connectivity index (χ0) is 23.5. The number of fused-ring (bicyclic) bond motifs is 3. The molecule has 1 fully saturated rings. The molecule has 3 aliphatic rings. The lowest BCUT2D eigenvalue weighted by molar-refractivity contribution is -0.171. The van der Waals surface area contributed by atoms with Gasteiger partial charge in [0.25, 0.3) is 5.91 Å².